The van der Waals surface area contributed by atoms with Crippen LogP contribution < -0.4 is 10.7 Å². The van der Waals surface area contributed by atoms with E-state index in [4.69, 9.17) is 0 Å². The molecular weight excluding hydrogens is 294 g/mol. The van der Waals surface area contributed by atoms with E-state index in [0.717, 1.165) is 10.8 Å². The van der Waals surface area contributed by atoms with Gasteiger partial charge in [0.2, 0.25) is 0 Å². The first-order chi connectivity index (χ1) is 11.0. The van der Waals surface area contributed by atoms with E-state index in [1.165, 1.54) is 6.21 Å². The molecule has 2 rings (SSSR count). The number of hydrogen-bond donors (Lipinski definition) is 3. The van der Waals surface area contributed by atoms with Crippen LogP contribution in [0.1, 0.15) is 19.4 Å². The lowest BCUT2D eigenvalue weighted by atomic mass is 10.0. The number of benzene rings is 2. The number of aromatic hydroxyl groups is 1. The van der Waals surface area contributed by atoms with Gasteiger partial charge in [-0.1, -0.05) is 44.2 Å². The molecule has 0 unspecified atom stereocenters. The van der Waals surface area contributed by atoms with Crippen molar-refractivity contribution in [3.8, 4) is 5.75 Å². The van der Waals surface area contributed by atoms with Crippen LogP contribution in [-0.4, -0.2) is 29.7 Å². The van der Waals surface area contributed by atoms with Gasteiger partial charge in [0.1, 0.15) is 5.75 Å². The van der Waals surface area contributed by atoms with Crippen molar-refractivity contribution in [1.82, 2.24) is 10.7 Å². The van der Waals surface area contributed by atoms with Crippen molar-refractivity contribution < 1.29 is 14.7 Å². The number of carbonyl (C=O) groups is 2. The summed E-state index contributed by atoms with van der Waals surface area (Å²) in [4.78, 5) is 23.1. The molecule has 6 nitrogen and oxygen atoms in total. The average Bonchev–Trinajstić information content (AvgIpc) is 2.54. The van der Waals surface area contributed by atoms with Crippen molar-refractivity contribution in [1.29, 1.82) is 0 Å². The molecule has 0 aliphatic heterocycles. The first kappa shape index (κ1) is 16.5. The zero-order valence-corrected chi connectivity index (χ0v) is 13.0. The summed E-state index contributed by atoms with van der Waals surface area (Å²) in [7, 11) is 0. The van der Waals surface area contributed by atoms with Crippen molar-refractivity contribution in [3.05, 3.63) is 42.0 Å². The molecule has 0 heterocycles. The van der Waals surface area contributed by atoms with E-state index < -0.39 is 11.8 Å². The largest absolute Gasteiger partial charge is 0.507 e. The molecule has 2 aromatic rings. The number of carbonyl (C=O) groups excluding carboxylic acids is 2. The predicted octanol–water partition coefficient (Wildman–Crippen LogP) is 1.77. The highest BCUT2D eigenvalue weighted by molar-refractivity contribution is 6.35. The molecule has 0 saturated carbocycles. The molecule has 0 fully saturated rings. The van der Waals surface area contributed by atoms with Gasteiger partial charge in [-0.3, -0.25) is 9.59 Å². The highest BCUT2D eigenvalue weighted by Gasteiger charge is 2.12. The molecular formula is C17H19N3O3. The Morgan fingerprint density at radius 2 is 1.91 bits per heavy atom. The van der Waals surface area contributed by atoms with Crippen molar-refractivity contribution in [2.75, 3.05) is 6.54 Å². The number of rotatable bonds is 4. The summed E-state index contributed by atoms with van der Waals surface area (Å²) in [6, 6.07) is 10.8. The molecule has 23 heavy (non-hydrogen) atoms. The van der Waals surface area contributed by atoms with Crippen LogP contribution in [0.2, 0.25) is 0 Å². The molecule has 0 aliphatic rings. The summed E-state index contributed by atoms with van der Waals surface area (Å²) in [5.74, 6) is -1.28. The molecule has 2 aromatic carbocycles. The van der Waals surface area contributed by atoms with Crippen molar-refractivity contribution in [2.24, 2.45) is 11.0 Å². The number of amides is 2. The molecule has 0 atom stereocenters. The maximum atomic E-state index is 11.6. The third-order valence-corrected chi connectivity index (χ3v) is 3.18. The Labute approximate surface area is 134 Å². The van der Waals surface area contributed by atoms with Gasteiger partial charge in [-0.05, 0) is 22.8 Å². The van der Waals surface area contributed by atoms with Gasteiger partial charge in [-0.15, -0.1) is 0 Å². The lowest BCUT2D eigenvalue weighted by Gasteiger charge is -2.06. The quantitative estimate of drug-likeness (QED) is 0.456. The van der Waals surface area contributed by atoms with Gasteiger partial charge in [-0.2, -0.15) is 5.10 Å². The highest BCUT2D eigenvalue weighted by Crippen LogP contribution is 2.25. The van der Waals surface area contributed by atoms with Crippen LogP contribution in [0.3, 0.4) is 0 Å². The lowest BCUT2D eigenvalue weighted by Crippen LogP contribution is -2.39. The van der Waals surface area contributed by atoms with E-state index in [1.54, 1.807) is 12.1 Å². The second-order valence-corrected chi connectivity index (χ2v) is 5.52. The normalized spacial score (nSPS) is 11.1. The Morgan fingerprint density at radius 1 is 1.17 bits per heavy atom. The zero-order chi connectivity index (χ0) is 16.8. The Bertz CT molecular complexity index is 754. The first-order valence-corrected chi connectivity index (χ1v) is 7.31. The predicted molar refractivity (Wildman–Crippen MR) is 89.2 cm³/mol. The minimum absolute atomic E-state index is 0.0472. The third-order valence-electron chi connectivity index (χ3n) is 3.18. The monoisotopic (exact) mass is 313 g/mol. The van der Waals surface area contributed by atoms with Crippen LogP contribution in [0.15, 0.2) is 41.5 Å². The standard InChI is InChI=1S/C17H19N3O3/c1-11(2)9-18-16(22)17(23)20-19-10-14-13-6-4-3-5-12(13)7-8-15(14)21/h3-8,10-11,21H,9H2,1-2H3,(H,18,22)(H,20,23)/b19-10-. The van der Waals surface area contributed by atoms with E-state index >= 15 is 0 Å². The molecule has 2 amide bonds. The highest BCUT2D eigenvalue weighted by atomic mass is 16.3. The summed E-state index contributed by atoms with van der Waals surface area (Å²) in [6.07, 6.45) is 1.32. The summed E-state index contributed by atoms with van der Waals surface area (Å²) in [5.41, 5.74) is 2.63. The van der Waals surface area contributed by atoms with Crippen LogP contribution in [-0.2, 0) is 9.59 Å². The topological polar surface area (TPSA) is 90.8 Å². The van der Waals surface area contributed by atoms with E-state index in [-0.39, 0.29) is 11.7 Å². The molecule has 3 N–H and O–H groups in total. The fraction of sp³-hybridized carbons (Fsp3) is 0.235. The Morgan fingerprint density at radius 3 is 2.65 bits per heavy atom. The number of phenolic OH excluding ortho intramolecular Hbond substituents is 1. The number of phenols is 1. The minimum atomic E-state index is -0.846. The molecule has 0 aliphatic carbocycles. The van der Waals surface area contributed by atoms with Crippen LogP contribution in [0, 0.1) is 5.92 Å². The van der Waals surface area contributed by atoms with E-state index in [0.29, 0.717) is 12.1 Å². The number of hydrazone groups is 1. The SMILES string of the molecule is CC(C)CNC(=O)C(=O)N/N=C\c1c(O)ccc2ccccc12. The Balaban J connectivity index is 2.08. The lowest BCUT2D eigenvalue weighted by molar-refractivity contribution is -0.139. The van der Waals surface area contributed by atoms with Crippen molar-refractivity contribution in [3.63, 3.8) is 0 Å². The van der Waals surface area contributed by atoms with Gasteiger partial charge in [0.05, 0.1) is 6.21 Å². The van der Waals surface area contributed by atoms with Gasteiger partial charge >= 0.3 is 11.8 Å². The fourth-order valence-electron chi connectivity index (χ4n) is 2.00. The second-order valence-electron chi connectivity index (χ2n) is 5.52. The Hall–Kier alpha value is -2.89. The number of nitrogens with one attached hydrogen (secondary N) is 2. The average molecular weight is 313 g/mol. The van der Waals surface area contributed by atoms with Gasteiger partial charge in [-0.25, -0.2) is 5.43 Å². The number of fused-ring (bicyclic) bond motifs is 1. The van der Waals surface area contributed by atoms with Crippen molar-refractivity contribution >= 4 is 28.8 Å². The van der Waals surface area contributed by atoms with Gasteiger partial charge in [0.25, 0.3) is 0 Å². The third kappa shape index (κ3) is 4.29. The van der Waals surface area contributed by atoms with Crippen LogP contribution in [0.5, 0.6) is 5.75 Å². The molecule has 0 saturated heterocycles. The van der Waals surface area contributed by atoms with Gasteiger partial charge in [0.15, 0.2) is 0 Å². The van der Waals surface area contributed by atoms with Crippen LogP contribution in [0.25, 0.3) is 10.8 Å². The molecule has 0 radical (unpaired) electrons. The molecule has 120 valence electrons. The van der Waals surface area contributed by atoms with E-state index in [2.05, 4.69) is 15.8 Å². The fourth-order valence-corrected chi connectivity index (χ4v) is 2.00. The molecule has 6 heteroatoms. The summed E-state index contributed by atoms with van der Waals surface area (Å²) in [6.45, 7) is 4.28. The molecule has 0 aromatic heterocycles. The summed E-state index contributed by atoms with van der Waals surface area (Å²) >= 11 is 0. The molecule has 0 spiro atoms. The minimum Gasteiger partial charge on any atom is -0.507 e. The van der Waals surface area contributed by atoms with Crippen LogP contribution >= 0.6 is 0 Å². The van der Waals surface area contributed by atoms with Gasteiger partial charge < -0.3 is 10.4 Å². The molecule has 0 bridgehead atoms. The number of nitrogens with zero attached hydrogens (tertiary/aromatic N) is 1. The van der Waals surface area contributed by atoms with Crippen LogP contribution in [0.4, 0.5) is 0 Å². The maximum absolute atomic E-state index is 11.6. The Kier molecular flexibility index (Phi) is 5.30. The van der Waals surface area contributed by atoms with Crippen molar-refractivity contribution in [2.45, 2.75) is 13.8 Å². The van der Waals surface area contributed by atoms with E-state index in [9.17, 15) is 14.7 Å². The summed E-state index contributed by atoms with van der Waals surface area (Å²) in [5, 5.41) is 17.9. The smallest absolute Gasteiger partial charge is 0.329 e. The van der Waals surface area contributed by atoms with Gasteiger partial charge in [0, 0.05) is 12.1 Å². The second kappa shape index (κ2) is 7.40. The van der Waals surface area contributed by atoms with E-state index in [1.807, 2.05) is 38.1 Å². The first-order valence-electron chi connectivity index (χ1n) is 7.31. The zero-order valence-electron chi connectivity index (χ0n) is 13.0. The maximum Gasteiger partial charge on any atom is 0.329 e. The number of hydrogen-bond acceptors (Lipinski definition) is 4. The summed E-state index contributed by atoms with van der Waals surface area (Å²) < 4.78 is 0.